The van der Waals surface area contributed by atoms with Gasteiger partial charge in [-0.3, -0.25) is 0 Å². The van der Waals surface area contributed by atoms with E-state index in [9.17, 15) is 0 Å². The van der Waals surface area contributed by atoms with E-state index in [-0.39, 0.29) is 39.9 Å². The maximum atomic E-state index is 4.06. The Morgan fingerprint density at radius 3 is 3.09 bits per heavy atom. The number of nitrogens with zero attached hydrogens (tertiary/aromatic N) is 1. The van der Waals surface area contributed by atoms with E-state index in [0.29, 0.717) is 6.04 Å². The number of aromatic amines is 1. The minimum atomic E-state index is 0. The van der Waals surface area contributed by atoms with E-state index >= 15 is 0 Å². The molecule has 1 aromatic heterocycles. The standard InChI is InChI=1S/C7H10N3.Th/c1-2-6(8-3-1)7-9-4-5-10-7;/h4,6,8H,1-3H2,(H,9,10);/q-1;/t6-;/m0./s1. The van der Waals surface area contributed by atoms with Crippen LogP contribution in [-0.4, -0.2) is 16.5 Å². The average molecular weight is 368 g/mol. The Balaban J connectivity index is 0.000000605. The van der Waals surface area contributed by atoms with Gasteiger partial charge in [0.15, 0.2) is 0 Å². The molecule has 0 spiro atoms. The van der Waals surface area contributed by atoms with Crippen LogP contribution in [0.3, 0.4) is 0 Å². The summed E-state index contributed by atoms with van der Waals surface area (Å²) in [7, 11) is 0. The Hall–Kier alpha value is 0.495. The average Bonchev–Trinajstić information content (AvgIpc) is 2.59. The first-order valence-electron chi connectivity index (χ1n) is 3.61. The van der Waals surface area contributed by atoms with Gasteiger partial charge < -0.3 is 15.3 Å². The molecule has 0 saturated carbocycles. The number of imidazole rings is 1. The van der Waals surface area contributed by atoms with Crippen LogP contribution in [0.1, 0.15) is 24.7 Å². The number of hydrogen-bond donors (Lipinski definition) is 2. The second kappa shape index (κ2) is 4.50. The van der Waals surface area contributed by atoms with Gasteiger partial charge in [0.05, 0.1) is 0 Å². The molecule has 1 atom stereocenters. The normalized spacial score (nSPS) is 23.1. The van der Waals surface area contributed by atoms with E-state index < -0.39 is 0 Å². The van der Waals surface area contributed by atoms with E-state index in [2.05, 4.69) is 21.5 Å². The number of H-pyrrole nitrogens is 1. The molecule has 2 rings (SSSR count). The third-order valence-electron chi connectivity index (χ3n) is 1.86. The van der Waals surface area contributed by atoms with E-state index in [1.807, 2.05) is 0 Å². The molecule has 0 aromatic carbocycles. The number of nitrogens with one attached hydrogen (secondary N) is 2. The zero-order chi connectivity index (χ0) is 6.81. The van der Waals surface area contributed by atoms with E-state index in [0.717, 1.165) is 12.4 Å². The zero-order valence-corrected chi connectivity index (χ0v) is 10.3. The molecule has 0 bridgehead atoms. The minimum absolute atomic E-state index is 0. The van der Waals surface area contributed by atoms with Crippen LogP contribution >= 0.6 is 0 Å². The fourth-order valence-corrected chi connectivity index (χ4v) is 1.34. The second-order valence-electron chi connectivity index (χ2n) is 2.56. The van der Waals surface area contributed by atoms with E-state index in [1.54, 1.807) is 6.20 Å². The summed E-state index contributed by atoms with van der Waals surface area (Å²) >= 11 is 0. The van der Waals surface area contributed by atoms with Crippen molar-refractivity contribution in [2.24, 2.45) is 0 Å². The molecule has 58 valence electrons. The van der Waals surface area contributed by atoms with Crippen molar-refractivity contribution >= 4 is 0 Å². The molecular formula is C7H10N3Th-. The predicted molar refractivity (Wildman–Crippen MR) is 37.4 cm³/mol. The number of rotatable bonds is 1. The van der Waals surface area contributed by atoms with Crippen LogP contribution in [-0.2, 0) is 0 Å². The van der Waals surface area contributed by atoms with Crippen LogP contribution in [0.5, 0.6) is 0 Å². The van der Waals surface area contributed by atoms with Gasteiger partial charge in [0, 0.05) is 39.9 Å². The number of hydrogen-bond acceptors (Lipinski definition) is 2. The first-order valence-corrected chi connectivity index (χ1v) is 3.61. The third kappa shape index (κ3) is 2.21. The van der Waals surface area contributed by atoms with Crippen LogP contribution in [0.25, 0.3) is 0 Å². The first kappa shape index (κ1) is 9.58. The Bertz CT molecular complexity index is 191. The molecule has 0 unspecified atom stereocenters. The van der Waals surface area contributed by atoms with Crippen molar-refractivity contribution in [3.05, 3.63) is 18.2 Å². The summed E-state index contributed by atoms with van der Waals surface area (Å²) < 4.78 is 0. The molecule has 1 aliphatic heterocycles. The van der Waals surface area contributed by atoms with Crippen molar-refractivity contribution < 1.29 is 39.9 Å². The molecule has 1 saturated heterocycles. The second-order valence-corrected chi connectivity index (χ2v) is 2.56. The van der Waals surface area contributed by atoms with Gasteiger partial charge in [-0.05, 0) is 31.3 Å². The van der Waals surface area contributed by atoms with Crippen molar-refractivity contribution in [2.45, 2.75) is 18.9 Å². The van der Waals surface area contributed by atoms with Crippen molar-refractivity contribution in [2.75, 3.05) is 6.54 Å². The first-order chi connectivity index (χ1) is 4.97. The Labute approximate surface area is 98.0 Å². The summed E-state index contributed by atoms with van der Waals surface area (Å²) in [5, 5.41) is 3.35. The summed E-state index contributed by atoms with van der Waals surface area (Å²) in [5.74, 6) is 1.03. The monoisotopic (exact) mass is 368 g/mol. The molecular weight excluding hydrogens is 358 g/mol. The van der Waals surface area contributed by atoms with Gasteiger partial charge in [-0.1, -0.05) is 6.20 Å². The molecule has 0 radical (unpaired) electrons. The van der Waals surface area contributed by atoms with Crippen molar-refractivity contribution in [3.63, 3.8) is 0 Å². The van der Waals surface area contributed by atoms with Crippen molar-refractivity contribution in [1.29, 1.82) is 0 Å². The van der Waals surface area contributed by atoms with Gasteiger partial charge in [-0.2, -0.15) is 0 Å². The van der Waals surface area contributed by atoms with Gasteiger partial charge in [-0.15, -0.1) is 6.20 Å². The molecule has 11 heavy (non-hydrogen) atoms. The molecule has 3 nitrogen and oxygen atoms in total. The summed E-state index contributed by atoms with van der Waals surface area (Å²) in [4.78, 5) is 7.11. The van der Waals surface area contributed by atoms with Crippen molar-refractivity contribution in [1.82, 2.24) is 15.3 Å². The zero-order valence-electron chi connectivity index (χ0n) is 6.22. The molecule has 1 aromatic rings. The molecule has 0 aliphatic carbocycles. The van der Waals surface area contributed by atoms with Gasteiger partial charge in [0.1, 0.15) is 0 Å². The fraction of sp³-hybridized carbons (Fsp3) is 0.571. The third-order valence-corrected chi connectivity index (χ3v) is 1.86. The van der Waals surface area contributed by atoms with Crippen LogP contribution in [0.4, 0.5) is 0 Å². The molecule has 1 fully saturated rings. The predicted octanol–water partition coefficient (Wildman–Crippen LogP) is 0.634. The maximum Gasteiger partial charge on any atom is 0 e. The Morgan fingerprint density at radius 1 is 1.64 bits per heavy atom. The Kier molecular flexibility index (Phi) is 3.92. The smallest absolute Gasteiger partial charge is 0 e. The fourth-order valence-electron chi connectivity index (χ4n) is 1.34. The van der Waals surface area contributed by atoms with Crippen LogP contribution < -0.4 is 5.32 Å². The SMILES string of the molecule is [Th].[c-]1c[nH]c([C@@H]2CCCN2)n1. The molecule has 2 N–H and O–H groups in total. The van der Waals surface area contributed by atoms with E-state index in [1.165, 1.54) is 12.8 Å². The summed E-state index contributed by atoms with van der Waals surface area (Å²) in [6, 6.07) is 0.450. The Morgan fingerprint density at radius 2 is 2.55 bits per heavy atom. The number of aromatic nitrogens is 2. The molecule has 0 amide bonds. The molecule has 2 heterocycles. The van der Waals surface area contributed by atoms with Crippen LogP contribution in [0.15, 0.2) is 6.20 Å². The molecule has 4 heteroatoms. The summed E-state index contributed by atoms with van der Waals surface area (Å²) in [6.45, 7) is 1.12. The topological polar surface area (TPSA) is 40.7 Å². The summed E-state index contributed by atoms with van der Waals surface area (Å²) in [6.07, 6.45) is 6.96. The summed E-state index contributed by atoms with van der Waals surface area (Å²) in [5.41, 5.74) is 0. The van der Waals surface area contributed by atoms with Gasteiger partial charge in [0.2, 0.25) is 0 Å². The quantitative estimate of drug-likeness (QED) is 0.715. The van der Waals surface area contributed by atoms with Gasteiger partial charge >= 0.3 is 0 Å². The largest absolute Gasteiger partial charge is 0.441 e. The minimum Gasteiger partial charge on any atom is -0.441 e. The van der Waals surface area contributed by atoms with Crippen LogP contribution in [0, 0.1) is 46.1 Å². The van der Waals surface area contributed by atoms with E-state index in [4.69, 9.17) is 0 Å². The van der Waals surface area contributed by atoms with Crippen molar-refractivity contribution in [3.8, 4) is 0 Å². The molecule has 1 aliphatic rings. The maximum absolute atomic E-state index is 4.06. The van der Waals surface area contributed by atoms with Gasteiger partial charge in [-0.25, -0.2) is 0 Å². The van der Waals surface area contributed by atoms with Gasteiger partial charge in [0.25, 0.3) is 0 Å². The van der Waals surface area contributed by atoms with Crippen LogP contribution in [0.2, 0.25) is 0 Å².